The topological polar surface area (TPSA) is 63.8 Å². The van der Waals surface area contributed by atoms with Crippen LogP contribution in [0.3, 0.4) is 0 Å². The summed E-state index contributed by atoms with van der Waals surface area (Å²) in [5.41, 5.74) is 0.828. The highest BCUT2D eigenvalue weighted by atomic mass is 33.1. The van der Waals surface area contributed by atoms with Gasteiger partial charge in [-0.2, -0.15) is 4.68 Å². The summed E-state index contributed by atoms with van der Waals surface area (Å²) in [6.07, 6.45) is 1.96. The first-order valence-corrected chi connectivity index (χ1v) is 6.65. The van der Waals surface area contributed by atoms with E-state index in [4.69, 9.17) is 5.11 Å². The van der Waals surface area contributed by atoms with Crippen LogP contribution in [-0.2, 0) is 0 Å². The number of aromatic nitrogens is 4. The number of phenolic OH excluding ortho intramolecular Hbond substituents is 1. The highest BCUT2D eigenvalue weighted by Gasteiger charge is 2.07. The largest absolute Gasteiger partial charge is 0.508 e. The quantitative estimate of drug-likeness (QED) is 0.824. The number of tetrazole rings is 1. The van der Waals surface area contributed by atoms with E-state index in [1.165, 1.54) is 10.8 Å². The molecule has 0 aliphatic carbocycles. The normalized spacial score (nSPS) is 10.5. The molecule has 0 aliphatic rings. The van der Waals surface area contributed by atoms with Crippen molar-refractivity contribution in [3.63, 3.8) is 0 Å². The molecule has 78 valence electrons. The van der Waals surface area contributed by atoms with Crippen molar-refractivity contribution in [3.05, 3.63) is 24.3 Å². The second-order valence-corrected chi connectivity index (χ2v) is 5.00. The summed E-state index contributed by atoms with van der Waals surface area (Å²) in [6, 6.07) is 6.72. The zero-order valence-corrected chi connectivity index (χ0v) is 9.49. The van der Waals surface area contributed by atoms with Crippen LogP contribution in [0.25, 0.3) is 5.69 Å². The predicted molar refractivity (Wildman–Crippen MR) is 60.2 cm³/mol. The number of nitrogens with zero attached hydrogens (tertiary/aromatic N) is 4. The van der Waals surface area contributed by atoms with Crippen molar-refractivity contribution in [1.29, 1.82) is 0 Å². The lowest BCUT2D eigenvalue weighted by molar-refractivity contribution is 0.475. The van der Waals surface area contributed by atoms with Gasteiger partial charge in [0.1, 0.15) is 5.75 Å². The van der Waals surface area contributed by atoms with Crippen molar-refractivity contribution in [2.75, 3.05) is 6.26 Å². The Morgan fingerprint density at radius 1 is 1.27 bits per heavy atom. The van der Waals surface area contributed by atoms with Crippen LogP contribution < -0.4 is 0 Å². The molecule has 1 aromatic heterocycles. The maximum absolute atomic E-state index is 9.16. The van der Waals surface area contributed by atoms with Gasteiger partial charge >= 0.3 is 0 Å². The molecule has 0 amide bonds. The van der Waals surface area contributed by atoms with E-state index in [1.54, 1.807) is 39.7 Å². The molecule has 1 N–H and O–H groups in total. The third kappa shape index (κ3) is 2.24. The van der Waals surface area contributed by atoms with Gasteiger partial charge in [-0.15, -0.1) is 5.10 Å². The molecule has 0 saturated carbocycles. The van der Waals surface area contributed by atoms with Crippen LogP contribution in [0.1, 0.15) is 0 Å². The summed E-state index contributed by atoms with van der Waals surface area (Å²) in [5.74, 6) is 0.228. The van der Waals surface area contributed by atoms with Crippen LogP contribution in [0.15, 0.2) is 29.4 Å². The van der Waals surface area contributed by atoms with Gasteiger partial charge in [0.05, 0.1) is 5.69 Å². The smallest absolute Gasteiger partial charge is 0.224 e. The summed E-state index contributed by atoms with van der Waals surface area (Å²) in [6.45, 7) is 0. The third-order valence-electron chi connectivity index (χ3n) is 1.69. The number of hydrogen-bond acceptors (Lipinski definition) is 6. The Hall–Kier alpha value is -1.21. The summed E-state index contributed by atoms with van der Waals surface area (Å²) in [4.78, 5) is 0. The molecule has 7 heteroatoms. The minimum absolute atomic E-state index is 0.228. The van der Waals surface area contributed by atoms with Crippen LogP contribution in [-0.4, -0.2) is 31.6 Å². The van der Waals surface area contributed by atoms with Gasteiger partial charge in [0.15, 0.2) is 0 Å². The molecule has 0 unspecified atom stereocenters. The number of aromatic hydroxyl groups is 1. The first-order valence-electron chi connectivity index (χ1n) is 4.09. The molecule has 5 nitrogen and oxygen atoms in total. The van der Waals surface area contributed by atoms with Gasteiger partial charge in [-0.25, -0.2) is 0 Å². The molecular weight excluding hydrogens is 232 g/mol. The molecule has 0 aliphatic heterocycles. The lowest BCUT2D eigenvalue weighted by atomic mass is 10.3. The van der Waals surface area contributed by atoms with Gasteiger partial charge in [0, 0.05) is 0 Å². The van der Waals surface area contributed by atoms with Crippen molar-refractivity contribution < 1.29 is 5.11 Å². The third-order valence-corrected chi connectivity index (χ3v) is 3.21. The molecule has 0 radical (unpaired) electrons. The molecular formula is C8H8N4OS2. The molecule has 2 aromatic rings. The summed E-state index contributed by atoms with van der Waals surface area (Å²) >= 11 is 0. The first-order chi connectivity index (χ1) is 7.31. The molecule has 15 heavy (non-hydrogen) atoms. The van der Waals surface area contributed by atoms with Crippen LogP contribution in [0.2, 0.25) is 0 Å². The number of benzene rings is 1. The van der Waals surface area contributed by atoms with Crippen LogP contribution >= 0.6 is 21.6 Å². The summed E-state index contributed by atoms with van der Waals surface area (Å²) in [7, 11) is 3.06. The maximum atomic E-state index is 9.16. The van der Waals surface area contributed by atoms with Crippen molar-refractivity contribution >= 4 is 21.6 Å². The van der Waals surface area contributed by atoms with E-state index in [9.17, 15) is 0 Å². The van der Waals surface area contributed by atoms with Crippen LogP contribution in [0.5, 0.6) is 5.75 Å². The molecule has 0 spiro atoms. The number of phenols is 1. The van der Waals surface area contributed by atoms with Crippen LogP contribution in [0.4, 0.5) is 0 Å². The zero-order chi connectivity index (χ0) is 10.7. The maximum Gasteiger partial charge on any atom is 0.224 e. The Morgan fingerprint density at radius 2 is 2.00 bits per heavy atom. The lowest BCUT2D eigenvalue weighted by Crippen LogP contribution is -1.97. The molecule has 0 fully saturated rings. The Morgan fingerprint density at radius 3 is 2.67 bits per heavy atom. The van der Waals surface area contributed by atoms with Gasteiger partial charge in [-0.3, -0.25) is 0 Å². The lowest BCUT2D eigenvalue weighted by Gasteiger charge is -2.02. The van der Waals surface area contributed by atoms with E-state index in [1.807, 2.05) is 6.26 Å². The molecule has 1 aromatic carbocycles. The van der Waals surface area contributed by atoms with Gasteiger partial charge < -0.3 is 5.11 Å². The Bertz CT molecular complexity index is 442. The van der Waals surface area contributed by atoms with Crippen molar-refractivity contribution in [2.24, 2.45) is 0 Å². The monoisotopic (exact) mass is 240 g/mol. The Kier molecular flexibility index (Phi) is 3.12. The fraction of sp³-hybridized carbons (Fsp3) is 0.125. The van der Waals surface area contributed by atoms with E-state index < -0.39 is 0 Å². The average Bonchev–Trinajstić information content (AvgIpc) is 2.68. The standard InChI is InChI=1S/C8H8N4OS2/c1-14-15-8-9-10-11-12(8)6-2-4-7(13)5-3-6/h2-5,13H,1H3. The van der Waals surface area contributed by atoms with E-state index in [2.05, 4.69) is 15.5 Å². The second kappa shape index (κ2) is 4.54. The highest BCUT2D eigenvalue weighted by Crippen LogP contribution is 2.27. The summed E-state index contributed by atoms with van der Waals surface area (Å²) in [5, 5.41) is 21.2. The van der Waals surface area contributed by atoms with Gasteiger partial charge in [0.2, 0.25) is 5.16 Å². The predicted octanol–water partition coefficient (Wildman–Crippen LogP) is 1.74. The van der Waals surface area contributed by atoms with Crippen molar-refractivity contribution in [2.45, 2.75) is 5.16 Å². The Labute approximate surface area is 94.3 Å². The average molecular weight is 240 g/mol. The van der Waals surface area contributed by atoms with Crippen molar-refractivity contribution in [3.8, 4) is 11.4 Å². The van der Waals surface area contributed by atoms with E-state index in [0.29, 0.717) is 5.16 Å². The molecule has 1 heterocycles. The van der Waals surface area contributed by atoms with Gasteiger partial charge in [-0.05, 0) is 51.7 Å². The SMILES string of the molecule is CSSc1nnnn1-c1ccc(O)cc1. The van der Waals surface area contributed by atoms with Crippen molar-refractivity contribution in [1.82, 2.24) is 20.2 Å². The summed E-state index contributed by atoms with van der Waals surface area (Å²) < 4.78 is 1.63. The van der Waals surface area contributed by atoms with E-state index >= 15 is 0 Å². The highest BCUT2D eigenvalue weighted by molar-refractivity contribution is 8.76. The minimum Gasteiger partial charge on any atom is -0.508 e. The van der Waals surface area contributed by atoms with E-state index in [-0.39, 0.29) is 5.75 Å². The van der Waals surface area contributed by atoms with Gasteiger partial charge in [0.25, 0.3) is 0 Å². The fourth-order valence-electron chi connectivity index (χ4n) is 1.06. The van der Waals surface area contributed by atoms with Gasteiger partial charge in [-0.1, -0.05) is 10.8 Å². The van der Waals surface area contributed by atoms with Crippen LogP contribution in [0, 0.1) is 0 Å². The molecule has 2 rings (SSSR count). The first kappa shape index (κ1) is 10.3. The van der Waals surface area contributed by atoms with E-state index in [0.717, 1.165) is 5.69 Å². The number of hydrogen-bond donors (Lipinski definition) is 1. The Balaban J connectivity index is 2.36. The second-order valence-electron chi connectivity index (χ2n) is 2.64. The molecule has 0 saturated heterocycles. The fourth-order valence-corrected chi connectivity index (χ4v) is 2.25. The zero-order valence-electron chi connectivity index (χ0n) is 7.86. The molecule has 0 bridgehead atoms. The number of rotatable bonds is 3. The minimum atomic E-state index is 0.228. The molecule has 0 atom stereocenters.